The summed E-state index contributed by atoms with van der Waals surface area (Å²) in [5, 5.41) is 4.62. The smallest absolute Gasteiger partial charge is 0.255 e. The quantitative estimate of drug-likeness (QED) is 0.388. The second kappa shape index (κ2) is 8.40. The van der Waals surface area contributed by atoms with E-state index in [0.29, 0.717) is 17.0 Å². The Bertz CT molecular complexity index is 1250. The first-order chi connectivity index (χ1) is 15.2. The summed E-state index contributed by atoms with van der Waals surface area (Å²) in [6, 6.07) is 22.4. The van der Waals surface area contributed by atoms with Crippen molar-refractivity contribution in [2.75, 3.05) is 5.32 Å². The number of para-hydroxylation sites is 1. The van der Waals surface area contributed by atoms with Crippen molar-refractivity contribution in [3.8, 4) is 11.5 Å². The number of carbonyl (C=O) groups excluding carboxylic acids is 1. The SMILES string of the molecule is O=C(Nc1ccc(Oc2ccccc2)cc1)c1ccc2c(Cl)c3c(nc2c1)CCCC3. The molecule has 0 aliphatic heterocycles. The van der Waals surface area contributed by atoms with Gasteiger partial charge in [0.1, 0.15) is 11.5 Å². The summed E-state index contributed by atoms with van der Waals surface area (Å²) < 4.78 is 5.79. The van der Waals surface area contributed by atoms with Crippen LogP contribution >= 0.6 is 11.6 Å². The molecule has 4 nitrogen and oxygen atoms in total. The molecule has 1 heterocycles. The monoisotopic (exact) mass is 428 g/mol. The Morgan fingerprint density at radius 2 is 1.65 bits per heavy atom. The van der Waals surface area contributed by atoms with E-state index < -0.39 is 0 Å². The number of amides is 1. The van der Waals surface area contributed by atoms with Crippen molar-refractivity contribution in [2.45, 2.75) is 25.7 Å². The summed E-state index contributed by atoms with van der Waals surface area (Å²) in [6.45, 7) is 0. The van der Waals surface area contributed by atoms with Gasteiger partial charge in [-0.25, -0.2) is 0 Å². The molecule has 0 fully saturated rings. The van der Waals surface area contributed by atoms with Gasteiger partial charge in [-0.15, -0.1) is 0 Å². The molecule has 5 rings (SSSR count). The summed E-state index contributed by atoms with van der Waals surface area (Å²) in [5.74, 6) is 1.29. The summed E-state index contributed by atoms with van der Waals surface area (Å²) in [5.41, 5.74) is 4.24. The molecule has 0 saturated heterocycles. The maximum Gasteiger partial charge on any atom is 0.255 e. The number of carbonyl (C=O) groups is 1. The number of fused-ring (bicyclic) bond motifs is 2. The van der Waals surface area contributed by atoms with Crippen LogP contribution in [0.4, 0.5) is 5.69 Å². The molecule has 5 heteroatoms. The Hall–Kier alpha value is -3.37. The predicted molar refractivity (Wildman–Crippen MR) is 124 cm³/mol. The van der Waals surface area contributed by atoms with Gasteiger partial charge in [0.25, 0.3) is 5.91 Å². The minimum atomic E-state index is -0.186. The van der Waals surface area contributed by atoms with Gasteiger partial charge in [0, 0.05) is 22.3 Å². The van der Waals surface area contributed by atoms with E-state index in [0.717, 1.165) is 58.6 Å². The van der Waals surface area contributed by atoms with Crippen LogP contribution in [0.2, 0.25) is 5.02 Å². The maximum atomic E-state index is 12.8. The fraction of sp³-hybridized carbons (Fsp3) is 0.154. The van der Waals surface area contributed by atoms with Crippen molar-refractivity contribution >= 4 is 34.1 Å². The number of aromatic nitrogens is 1. The lowest BCUT2D eigenvalue weighted by atomic mass is 9.94. The minimum absolute atomic E-state index is 0.186. The molecule has 0 saturated carbocycles. The van der Waals surface area contributed by atoms with Crippen LogP contribution in [0.5, 0.6) is 11.5 Å². The predicted octanol–water partition coefficient (Wildman–Crippen LogP) is 6.81. The zero-order valence-corrected chi connectivity index (χ0v) is 17.7. The van der Waals surface area contributed by atoms with Gasteiger partial charge in [-0.1, -0.05) is 35.9 Å². The van der Waals surface area contributed by atoms with Crippen LogP contribution in [0.15, 0.2) is 72.8 Å². The van der Waals surface area contributed by atoms with Crippen LogP contribution in [-0.2, 0) is 12.8 Å². The normalized spacial score (nSPS) is 12.9. The number of nitrogens with zero attached hydrogens (tertiary/aromatic N) is 1. The Kier molecular flexibility index (Phi) is 5.31. The molecule has 1 aliphatic carbocycles. The number of hydrogen-bond donors (Lipinski definition) is 1. The van der Waals surface area contributed by atoms with E-state index in [1.165, 1.54) is 0 Å². The molecule has 0 radical (unpaired) electrons. The van der Waals surface area contributed by atoms with E-state index in [9.17, 15) is 4.79 Å². The van der Waals surface area contributed by atoms with Gasteiger partial charge < -0.3 is 10.1 Å². The van der Waals surface area contributed by atoms with Crippen LogP contribution in [-0.4, -0.2) is 10.9 Å². The van der Waals surface area contributed by atoms with E-state index in [2.05, 4.69) is 5.32 Å². The third-order valence-corrected chi connectivity index (χ3v) is 5.98. The lowest BCUT2D eigenvalue weighted by Gasteiger charge is -2.18. The number of rotatable bonds is 4. The maximum absolute atomic E-state index is 12.8. The number of anilines is 1. The first kappa shape index (κ1) is 19.6. The zero-order chi connectivity index (χ0) is 21.2. The third-order valence-electron chi connectivity index (χ3n) is 5.55. The number of ether oxygens (including phenoxy) is 1. The van der Waals surface area contributed by atoms with Crippen LogP contribution in [0.3, 0.4) is 0 Å². The minimum Gasteiger partial charge on any atom is -0.457 e. The average Bonchev–Trinajstić information content (AvgIpc) is 2.81. The topological polar surface area (TPSA) is 51.2 Å². The molecule has 0 atom stereocenters. The summed E-state index contributed by atoms with van der Waals surface area (Å²) in [6.07, 6.45) is 4.20. The Balaban J connectivity index is 1.34. The van der Waals surface area contributed by atoms with Crippen molar-refractivity contribution < 1.29 is 9.53 Å². The summed E-state index contributed by atoms with van der Waals surface area (Å²) >= 11 is 6.64. The zero-order valence-electron chi connectivity index (χ0n) is 16.9. The van der Waals surface area contributed by atoms with Gasteiger partial charge in [0.05, 0.1) is 10.5 Å². The van der Waals surface area contributed by atoms with Crippen molar-refractivity contribution in [2.24, 2.45) is 0 Å². The van der Waals surface area contributed by atoms with Gasteiger partial charge in [0.15, 0.2) is 0 Å². The second-order valence-electron chi connectivity index (χ2n) is 7.68. The number of pyridine rings is 1. The third kappa shape index (κ3) is 4.12. The molecule has 1 aliphatic rings. The number of halogens is 1. The van der Waals surface area contributed by atoms with Crippen LogP contribution in [0.1, 0.15) is 34.5 Å². The summed E-state index contributed by atoms with van der Waals surface area (Å²) in [4.78, 5) is 17.6. The Morgan fingerprint density at radius 3 is 2.45 bits per heavy atom. The largest absolute Gasteiger partial charge is 0.457 e. The first-order valence-electron chi connectivity index (χ1n) is 10.4. The van der Waals surface area contributed by atoms with Crippen molar-refractivity contribution in [3.63, 3.8) is 0 Å². The van der Waals surface area contributed by atoms with E-state index in [4.69, 9.17) is 21.3 Å². The number of nitrogens with one attached hydrogen (secondary N) is 1. The number of hydrogen-bond acceptors (Lipinski definition) is 3. The molecule has 3 aromatic carbocycles. The highest BCUT2D eigenvalue weighted by atomic mass is 35.5. The van der Waals surface area contributed by atoms with Gasteiger partial charge in [-0.3, -0.25) is 9.78 Å². The van der Waals surface area contributed by atoms with E-state index >= 15 is 0 Å². The van der Waals surface area contributed by atoms with Gasteiger partial charge in [-0.05, 0) is 79.8 Å². The lowest BCUT2D eigenvalue weighted by molar-refractivity contribution is 0.102. The summed E-state index contributed by atoms with van der Waals surface area (Å²) in [7, 11) is 0. The van der Waals surface area contributed by atoms with Crippen molar-refractivity contribution in [1.29, 1.82) is 0 Å². The van der Waals surface area contributed by atoms with Gasteiger partial charge >= 0.3 is 0 Å². The average molecular weight is 429 g/mol. The van der Waals surface area contributed by atoms with Crippen LogP contribution in [0, 0.1) is 0 Å². The van der Waals surface area contributed by atoms with Crippen molar-refractivity contribution in [3.05, 3.63) is 94.6 Å². The first-order valence-corrected chi connectivity index (χ1v) is 10.8. The van der Waals surface area contributed by atoms with Gasteiger partial charge in [-0.2, -0.15) is 0 Å². The van der Waals surface area contributed by atoms with E-state index in [-0.39, 0.29) is 5.91 Å². The molecule has 1 N–H and O–H groups in total. The molecular formula is C26H21ClN2O2. The fourth-order valence-electron chi connectivity index (χ4n) is 3.94. The lowest BCUT2D eigenvalue weighted by Crippen LogP contribution is -2.12. The molecule has 0 bridgehead atoms. The molecule has 1 aromatic heterocycles. The molecular weight excluding hydrogens is 408 g/mol. The fourth-order valence-corrected chi connectivity index (χ4v) is 4.31. The number of aryl methyl sites for hydroxylation is 1. The van der Waals surface area contributed by atoms with Crippen LogP contribution < -0.4 is 10.1 Å². The van der Waals surface area contributed by atoms with Gasteiger partial charge in [0.2, 0.25) is 0 Å². The van der Waals surface area contributed by atoms with Crippen molar-refractivity contribution in [1.82, 2.24) is 4.98 Å². The molecule has 4 aromatic rings. The number of benzene rings is 3. The van der Waals surface area contributed by atoms with Crippen LogP contribution in [0.25, 0.3) is 10.9 Å². The highest BCUT2D eigenvalue weighted by Crippen LogP contribution is 2.33. The Labute approximate surface area is 185 Å². The highest BCUT2D eigenvalue weighted by Gasteiger charge is 2.18. The molecule has 31 heavy (non-hydrogen) atoms. The van der Waals surface area contributed by atoms with E-state index in [1.807, 2.05) is 66.7 Å². The second-order valence-corrected chi connectivity index (χ2v) is 8.06. The highest BCUT2D eigenvalue weighted by molar-refractivity contribution is 6.36. The molecule has 154 valence electrons. The molecule has 0 spiro atoms. The standard InChI is InChI=1S/C26H21ClN2O2/c27-25-21-8-4-5-9-23(21)29-24-16-17(10-15-22(24)25)26(30)28-18-11-13-20(14-12-18)31-19-6-2-1-3-7-19/h1-3,6-7,10-16H,4-5,8-9H2,(H,28,30). The van der Waals surface area contributed by atoms with E-state index in [1.54, 1.807) is 6.07 Å². The molecule has 1 amide bonds. The Morgan fingerprint density at radius 1 is 0.903 bits per heavy atom. The molecule has 0 unspecified atom stereocenters.